The fourth-order valence-corrected chi connectivity index (χ4v) is 3.73. The van der Waals surface area contributed by atoms with Gasteiger partial charge in [-0.3, -0.25) is 4.21 Å². The Labute approximate surface area is 194 Å². The third-order valence-corrected chi connectivity index (χ3v) is 5.65. The zero-order chi connectivity index (χ0) is 23.8. The van der Waals surface area contributed by atoms with Crippen LogP contribution in [0.1, 0.15) is 0 Å². The number of aryl methyl sites for hydroxylation is 1. The van der Waals surface area contributed by atoms with Crippen molar-refractivity contribution in [3.8, 4) is 17.2 Å². The van der Waals surface area contributed by atoms with Gasteiger partial charge in [0.15, 0.2) is 23.1 Å². The molecule has 3 heterocycles. The molecular formula is C21H17FN8O3S. The second kappa shape index (κ2) is 8.59. The van der Waals surface area contributed by atoms with E-state index in [1.54, 1.807) is 29.9 Å². The van der Waals surface area contributed by atoms with Crippen LogP contribution in [0, 0.1) is 5.82 Å². The highest BCUT2D eigenvalue weighted by Crippen LogP contribution is 2.39. The minimum absolute atomic E-state index is 0.0753. The number of halogens is 1. The highest BCUT2D eigenvalue weighted by molar-refractivity contribution is 7.84. The molecule has 3 aromatic heterocycles. The number of aromatic nitrogens is 7. The molecule has 13 heteroatoms. The van der Waals surface area contributed by atoms with Crippen LogP contribution in [-0.4, -0.2) is 52.5 Å². The fourth-order valence-electron chi connectivity index (χ4n) is 3.31. The van der Waals surface area contributed by atoms with Crippen LogP contribution in [0.5, 0.6) is 17.2 Å². The lowest BCUT2D eigenvalue weighted by atomic mass is 10.2. The molecule has 1 atom stereocenters. The van der Waals surface area contributed by atoms with E-state index in [1.807, 2.05) is 6.07 Å². The van der Waals surface area contributed by atoms with Crippen molar-refractivity contribution in [1.82, 2.24) is 34.9 Å². The van der Waals surface area contributed by atoms with Gasteiger partial charge in [0.25, 0.3) is 0 Å². The molecule has 0 aliphatic heterocycles. The first kappa shape index (κ1) is 21.6. The molecule has 0 radical (unpaired) electrons. The van der Waals surface area contributed by atoms with Gasteiger partial charge >= 0.3 is 0 Å². The van der Waals surface area contributed by atoms with Crippen LogP contribution in [0.15, 0.2) is 48.0 Å². The Morgan fingerprint density at radius 1 is 1.12 bits per heavy atom. The summed E-state index contributed by atoms with van der Waals surface area (Å²) in [5.41, 5.74) is 2.27. The Kier molecular flexibility index (Phi) is 5.45. The second-order valence-electron chi connectivity index (χ2n) is 7.11. The van der Waals surface area contributed by atoms with E-state index in [2.05, 4.69) is 35.6 Å². The topological polar surface area (TPSA) is 130 Å². The first-order valence-electron chi connectivity index (χ1n) is 9.86. The van der Waals surface area contributed by atoms with E-state index in [0.717, 1.165) is 5.52 Å². The van der Waals surface area contributed by atoms with Crippen molar-refractivity contribution < 1.29 is 18.1 Å². The van der Waals surface area contributed by atoms with Gasteiger partial charge in [-0.05, 0) is 24.3 Å². The highest BCUT2D eigenvalue weighted by Gasteiger charge is 2.19. The Hall–Kier alpha value is -4.26. The summed E-state index contributed by atoms with van der Waals surface area (Å²) in [4.78, 5) is 16.5. The van der Waals surface area contributed by atoms with Gasteiger partial charge in [-0.2, -0.15) is 0 Å². The van der Waals surface area contributed by atoms with Crippen molar-refractivity contribution in [2.24, 2.45) is 7.05 Å². The smallest absolute Gasteiger partial charge is 0.218 e. The molecule has 0 saturated carbocycles. The predicted octanol–water partition coefficient (Wildman–Crippen LogP) is 3.12. The molecule has 0 amide bonds. The summed E-state index contributed by atoms with van der Waals surface area (Å²) in [7, 11) is 1.73. The average molecular weight is 480 g/mol. The van der Waals surface area contributed by atoms with E-state index >= 15 is 4.39 Å². The Morgan fingerprint density at radius 2 is 1.97 bits per heavy atom. The molecule has 5 rings (SSSR count). The van der Waals surface area contributed by atoms with Gasteiger partial charge in [0, 0.05) is 19.4 Å². The number of methoxy groups -OCH3 is 1. The third kappa shape index (κ3) is 3.85. The summed E-state index contributed by atoms with van der Waals surface area (Å²) in [6.45, 7) is 0. The van der Waals surface area contributed by atoms with Gasteiger partial charge in [0.05, 0.1) is 35.3 Å². The molecule has 0 fully saturated rings. The molecule has 1 N–H and O–H groups in total. The lowest BCUT2D eigenvalue weighted by molar-refractivity contribution is 0.357. The lowest BCUT2D eigenvalue weighted by Crippen LogP contribution is -2.04. The Balaban J connectivity index is 1.49. The Bertz CT molecular complexity index is 1580. The van der Waals surface area contributed by atoms with Crippen molar-refractivity contribution in [2.75, 3.05) is 18.7 Å². The summed E-state index contributed by atoms with van der Waals surface area (Å²) in [5, 5.41) is 11.0. The maximum atomic E-state index is 15.4. The molecule has 5 aromatic rings. The lowest BCUT2D eigenvalue weighted by Gasteiger charge is -2.15. The monoisotopic (exact) mass is 480 g/mol. The van der Waals surface area contributed by atoms with E-state index in [9.17, 15) is 4.21 Å². The van der Waals surface area contributed by atoms with Crippen LogP contribution in [0.3, 0.4) is 0 Å². The SMILES string of the molecule is COc1c(Oc2ccc3c(c2)nnn3C)ccc(Nc2ncnc3cnc(S(C)=O)nc23)c1F. The van der Waals surface area contributed by atoms with Crippen LogP contribution in [0.2, 0.25) is 0 Å². The number of hydrogen-bond acceptors (Lipinski definition) is 10. The summed E-state index contributed by atoms with van der Waals surface area (Å²) < 4.78 is 39.9. The zero-order valence-corrected chi connectivity index (χ0v) is 19.0. The van der Waals surface area contributed by atoms with E-state index in [1.165, 1.54) is 32.0 Å². The number of hydrogen-bond donors (Lipinski definition) is 1. The standard InChI is InChI=1S/C21H17FN8O3S/c1-30-15-6-4-11(8-13(15)28-29-30)33-16-7-5-12(17(22)19(16)32-2)26-20-18-14(24-10-25-20)9-23-21(27-18)34(3)31/h4-10H,1-3H3,(H,24,25,26). The minimum atomic E-state index is -1.41. The maximum Gasteiger partial charge on any atom is 0.218 e. The molecule has 0 aliphatic rings. The number of fused-ring (bicyclic) bond motifs is 2. The van der Waals surface area contributed by atoms with Gasteiger partial charge in [0.2, 0.25) is 5.16 Å². The molecule has 1 unspecified atom stereocenters. The van der Waals surface area contributed by atoms with E-state index in [-0.39, 0.29) is 28.2 Å². The van der Waals surface area contributed by atoms with Crippen molar-refractivity contribution in [3.05, 3.63) is 48.7 Å². The summed E-state index contributed by atoms with van der Waals surface area (Å²) >= 11 is 0. The number of benzene rings is 2. The number of ether oxygens (including phenoxy) is 2. The number of nitrogens with zero attached hydrogens (tertiary/aromatic N) is 7. The molecule has 2 aromatic carbocycles. The van der Waals surface area contributed by atoms with Gasteiger partial charge in [-0.15, -0.1) is 5.10 Å². The van der Waals surface area contributed by atoms with Crippen molar-refractivity contribution >= 4 is 44.4 Å². The molecule has 0 aliphatic carbocycles. The number of anilines is 2. The zero-order valence-electron chi connectivity index (χ0n) is 18.2. The van der Waals surface area contributed by atoms with Gasteiger partial charge < -0.3 is 14.8 Å². The van der Waals surface area contributed by atoms with E-state index in [0.29, 0.717) is 22.3 Å². The number of rotatable bonds is 6. The summed E-state index contributed by atoms with van der Waals surface area (Å²) in [5.74, 6) is 0.0485. The minimum Gasteiger partial charge on any atom is -0.490 e. The second-order valence-corrected chi connectivity index (χ2v) is 8.39. The quantitative estimate of drug-likeness (QED) is 0.362. The molecule has 0 spiro atoms. The first-order valence-corrected chi connectivity index (χ1v) is 11.4. The van der Waals surface area contributed by atoms with Crippen molar-refractivity contribution in [3.63, 3.8) is 0 Å². The maximum absolute atomic E-state index is 15.4. The number of nitrogens with one attached hydrogen (secondary N) is 1. The van der Waals surface area contributed by atoms with Crippen LogP contribution in [0.4, 0.5) is 15.9 Å². The van der Waals surface area contributed by atoms with Crippen molar-refractivity contribution in [2.45, 2.75) is 5.16 Å². The normalized spacial score (nSPS) is 12.1. The Morgan fingerprint density at radius 3 is 2.76 bits per heavy atom. The van der Waals surface area contributed by atoms with E-state index < -0.39 is 16.6 Å². The third-order valence-electron chi connectivity index (χ3n) is 4.94. The first-order chi connectivity index (χ1) is 16.4. The van der Waals surface area contributed by atoms with Crippen LogP contribution in [0.25, 0.3) is 22.1 Å². The summed E-state index contributed by atoms with van der Waals surface area (Å²) in [6.07, 6.45) is 4.20. The van der Waals surface area contributed by atoms with Crippen LogP contribution < -0.4 is 14.8 Å². The van der Waals surface area contributed by atoms with Crippen LogP contribution >= 0.6 is 0 Å². The predicted molar refractivity (Wildman–Crippen MR) is 122 cm³/mol. The highest BCUT2D eigenvalue weighted by atomic mass is 32.2. The van der Waals surface area contributed by atoms with Crippen LogP contribution in [-0.2, 0) is 17.8 Å². The van der Waals surface area contributed by atoms with Gasteiger partial charge in [-0.25, -0.2) is 29.0 Å². The fraction of sp³-hybridized carbons (Fsp3) is 0.143. The molecule has 34 heavy (non-hydrogen) atoms. The molecular weight excluding hydrogens is 463 g/mol. The van der Waals surface area contributed by atoms with Crippen molar-refractivity contribution in [1.29, 1.82) is 0 Å². The molecule has 0 bridgehead atoms. The van der Waals surface area contributed by atoms with Gasteiger partial charge in [-0.1, -0.05) is 5.21 Å². The molecule has 11 nitrogen and oxygen atoms in total. The average Bonchev–Trinajstić information content (AvgIpc) is 3.20. The summed E-state index contributed by atoms with van der Waals surface area (Å²) in [6, 6.07) is 8.30. The largest absolute Gasteiger partial charge is 0.490 e. The van der Waals surface area contributed by atoms with E-state index in [4.69, 9.17) is 9.47 Å². The molecule has 0 saturated heterocycles. The van der Waals surface area contributed by atoms with Gasteiger partial charge in [0.1, 0.15) is 28.6 Å². The molecule has 172 valence electrons.